The zero-order valence-electron chi connectivity index (χ0n) is 13.5. The van der Waals surface area contributed by atoms with Gasteiger partial charge in [-0.05, 0) is 44.4 Å². The molecule has 1 unspecified atom stereocenters. The topological polar surface area (TPSA) is 66.5 Å². The zero-order chi connectivity index (χ0) is 17.0. The normalized spacial score (nSPS) is 17.7. The number of sulfonamides is 1. The van der Waals surface area contributed by atoms with E-state index < -0.39 is 26.6 Å². The molecule has 0 aromatic heterocycles. The first-order valence-electron chi connectivity index (χ1n) is 7.97. The van der Waals surface area contributed by atoms with Crippen LogP contribution in [0.25, 0.3) is 0 Å². The highest BCUT2D eigenvalue weighted by molar-refractivity contribution is 7.89. The molecule has 0 bridgehead atoms. The van der Waals surface area contributed by atoms with E-state index in [1.165, 1.54) is 10.4 Å². The number of amides is 1. The van der Waals surface area contributed by atoms with Crippen molar-refractivity contribution in [3.63, 3.8) is 0 Å². The lowest BCUT2D eigenvalue weighted by atomic mass is 10.2. The summed E-state index contributed by atoms with van der Waals surface area (Å²) in [6, 6.07) is 3.46. The first kappa shape index (κ1) is 17.9. The lowest BCUT2D eigenvalue weighted by Gasteiger charge is -2.26. The number of carbonyl (C=O) groups excluding carboxylic acids is 1. The van der Waals surface area contributed by atoms with Crippen LogP contribution in [0.3, 0.4) is 0 Å². The van der Waals surface area contributed by atoms with Crippen LogP contribution in [0.4, 0.5) is 4.39 Å². The Kier molecular flexibility index (Phi) is 5.75. The zero-order valence-corrected chi connectivity index (χ0v) is 14.3. The molecule has 128 valence electrons. The molecular formula is C16H23FN2O3S. The van der Waals surface area contributed by atoms with Gasteiger partial charge in [-0.3, -0.25) is 4.79 Å². The number of halogens is 1. The quantitative estimate of drug-likeness (QED) is 0.894. The molecule has 1 aliphatic rings. The van der Waals surface area contributed by atoms with Crippen molar-refractivity contribution >= 4 is 15.9 Å². The van der Waals surface area contributed by atoms with Crippen LogP contribution in [0.1, 0.15) is 49.9 Å². The van der Waals surface area contributed by atoms with Crippen molar-refractivity contribution in [1.29, 1.82) is 0 Å². The summed E-state index contributed by atoms with van der Waals surface area (Å²) < 4.78 is 40.6. The molecule has 0 radical (unpaired) electrons. The Labute approximate surface area is 136 Å². The SMILES string of the molecule is CCC(C)NC(=O)c1ccc(F)c(S(=O)(=O)N2CCCCC2)c1. The van der Waals surface area contributed by atoms with Crippen LogP contribution in [-0.2, 0) is 10.0 Å². The summed E-state index contributed by atoms with van der Waals surface area (Å²) in [5.74, 6) is -1.22. The maximum Gasteiger partial charge on any atom is 0.251 e. The van der Waals surface area contributed by atoms with E-state index in [2.05, 4.69) is 5.32 Å². The van der Waals surface area contributed by atoms with Gasteiger partial charge in [0, 0.05) is 24.7 Å². The highest BCUT2D eigenvalue weighted by atomic mass is 32.2. The van der Waals surface area contributed by atoms with Crippen molar-refractivity contribution in [2.75, 3.05) is 13.1 Å². The molecule has 1 amide bonds. The Morgan fingerprint density at radius 2 is 1.96 bits per heavy atom. The van der Waals surface area contributed by atoms with Gasteiger partial charge < -0.3 is 5.32 Å². The van der Waals surface area contributed by atoms with E-state index in [0.29, 0.717) is 13.1 Å². The molecule has 1 saturated heterocycles. The van der Waals surface area contributed by atoms with Gasteiger partial charge in [-0.25, -0.2) is 12.8 Å². The third kappa shape index (κ3) is 4.09. The standard InChI is InChI=1S/C16H23FN2O3S/c1-3-12(2)18-16(20)13-7-8-14(17)15(11-13)23(21,22)19-9-5-4-6-10-19/h7-8,11-12H,3-6,9-10H2,1-2H3,(H,18,20). The Morgan fingerprint density at radius 3 is 2.57 bits per heavy atom. The van der Waals surface area contributed by atoms with Gasteiger partial charge in [-0.15, -0.1) is 0 Å². The number of hydrogen-bond donors (Lipinski definition) is 1. The molecule has 7 heteroatoms. The second kappa shape index (κ2) is 7.40. The first-order valence-corrected chi connectivity index (χ1v) is 9.41. The highest BCUT2D eigenvalue weighted by Gasteiger charge is 2.29. The van der Waals surface area contributed by atoms with Gasteiger partial charge >= 0.3 is 0 Å². The molecule has 5 nitrogen and oxygen atoms in total. The minimum Gasteiger partial charge on any atom is -0.350 e. The predicted octanol–water partition coefficient (Wildman–Crippen LogP) is 2.53. The van der Waals surface area contributed by atoms with E-state index >= 15 is 0 Å². The van der Waals surface area contributed by atoms with Crippen LogP contribution in [0.15, 0.2) is 23.1 Å². The average Bonchev–Trinajstić information content (AvgIpc) is 2.55. The smallest absolute Gasteiger partial charge is 0.251 e. The van der Waals surface area contributed by atoms with Crippen molar-refractivity contribution in [2.24, 2.45) is 0 Å². The molecule has 2 rings (SSSR count). The van der Waals surface area contributed by atoms with Gasteiger partial charge in [-0.1, -0.05) is 13.3 Å². The Hall–Kier alpha value is -1.47. The van der Waals surface area contributed by atoms with E-state index in [4.69, 9.17) is 0 Å². The van der Waals surface area contributed by atoms with Crippen LogP contribution in [0, 0.1) is 5.82 Å². The largest absolute Gasteiger partial charge is 0.350 e. The monoisotopic (exact) mass is 342 g/mol. The number of piperidine rings is 1. The van der Waals surface area contributed by atoms with Gasteiger partial charge in [0.1, 0.15) is 10.7 Å². The summed E-state index contributed by atoms with van der Waals surface area (Å²) in [5.41, 5.74) is 0.155. The summed E-state index contributed by atoms with van der Waals surface area (Å²) >= 11 is 0. The van der Waals surface area contributed by atoms with Crippen molar-refractivity contribution in [2.45, 2.75) is 50.5 Å². The van der Waals surface area contributed by atoms with E-state index in [9.17, 15) is 17.6 Å². The fourth-order valence-electron chi connectivity index (χ4n) is 2.50. The molecule has 1 aromatic rings. The summed E-state index contributed by atoms with van der Waals surface area (Å²) in [7, 11) is -3.90. The third-order valence-corrected chi connectivity index (χ3v) is 6.03. The minimum absolute atomic E-state index is 0.0327. The Balaban J connectivity index is 2.31. The van der Waals surface area contributed by atoms with Crippen LogP contribution < -0.4 is 5.32 Å². The predicted molar refractivity (Wildman–Crippen MR) is 86.2 cm³/mol. The molecule has 1 aliphatic heterocycles. The fourth-order valence-corrected chi connectivity index (χ4v) is 4.10. The summed E-state index contributed by atoms with van der Waals surface area (Å²) in [5, 5.41) is 2.75. The maximum atomic E-state index is 14.1. The number of hydrogen-bond acceptors (Lipinski definition) is 3. The summed E-state index contributed by atoms with van der Waals surface area (Å²) in [6.07, 6.45) is 3.28. The van der Waals surface area contributed by atoms with Crippen LogP contribution in [-0.4, -0.2) is 37.8 Å². The molecule has 1 heterocycles. The molecule has 1 N–H and O–H groups in total. The molecular weight excluding hydrogens is 319 g/mol. The van der Waals surface area contributed by atoms with E-state index in [-0.39, 0.29) is 11.6 Å². The van der Waals surface area contributed by atoms with Gasteiger partial charge in [0.05, 0.1) is 0 Å². The van der Waals surface area contributed by atoms with E-state index in [1.54, 1.807) is 0 Å². The minimum atomic E-state index is -3.90. The van der Waals surface area contributed by atoms with Crippen molar-refractivity contribution in [3.05, 3.63) is 29.6 Å². The highest BCUT2D eigenvalue weighted by Crippen LogP contribution is 2.24. The van der Waals surface area contributed by atoms with Crippen molar-refractivity contribution in [1.82, 2.24) is 9.62 Å². The van der Waals surface area contributed by atoms with Crippen molar-refractivity contribution < 1.29 is 17.6 Å². The summed E-state index contributed by atoms with van der Waals surface area (Å²) in [6.45, 7) is 4.57. The second-order valence-corrected chi connectivity index (χ2v) is 7.80. The Morgan fingerprint density at radius 1 is 1.30 bits per heavy atom. The van der Waals surface area contributed by atoms with Gasteiger partial charge in [-0.2, -0.15) is 4.31 Å². The van der Waals surface area contributed by atoms with E-state index in [0.717, 1.165) is 37.8 Å². The molecule has 0 saturated carbocycles. The first-order chi connectivity index (χ1) is 10.9. The van der Waals surface area contributed by atoms with E-state index in [1.807, 2.05) is 13.8 Å². The number of carbonyl (C=O) groups is 1. The summed E-state index contributed by atoms with van der Waals surface area (Å²) in [4.78, 5) is 11.7. The van der Waals surface area contributed by atoms with Gasteiger partial charge in [0.15, 0.2) is 0 Å². The fraction of sp³-hybridized carbons (Fsp3) is 0.562. The molecule has 1 aromatic carbocycles. The Bertz CT molecular complexity index is 670. The lowest BCUT2D eigenvalue weighted by molar-refractivity contribution is 0.0939. The van der Waals surface area contributed by atoms with Crippen LogP contribution >= 0.6 is 0 Å². The van der Waals surface area contributed by atoms with Crippen LogP contribution in [0.5, 0.6) is 0 Å². The second-order valence-electron chi connectivity index (χ2n) is 5.89. The molecule has 1 atom stereocenters. The number of nitrogens with zero attached hydrogens (tertiary/aromatic N) is 1. The molecule has 23 heavy (non-hydrogen) atoms. The average molecular weight is 342 g/mol. The number of nitrogens with one attached hydrogen (secondary N) is 1. The number of rotatable bonds is 5. The van der Waals surface area contributed by atoms with Gasteiger partial charge in [0.25, 0.3) is 5.91 Å². The molecule has 1 fully saturated rings. The number of benzene rings is 1. The molecule has 0 aliphatic carbocycles. The lowest BCUT2D eigenvalue weighted by Crippen LogP contribution is -2.36. The third-order valence-electron chi connectivity index (χ3n) is 4.12. The van der Waals surface area contributed by atoms with Crippen LogP contribution in [0.2, 0.25) is 0 Å². The molecule has 0 spiro atoms. The van der Waals surface area contributed by atoms with Gasteiger partial charge in [0.2, 0.25) is 10.0 Å². The maximum absolute atomic E-state index is 14.1. The van der Waals surface area contributed by atoms with Crippen molar-refractivity contribution in [3.8, 4) is 0 Å².